The lowest BCUT2D eigenvalue weighted by atomic mass is 10.4. The number of hydrogen-bond donors (Lipinski definition) is 0. The summed E-state index contributed by atoms with van der Waals surface area (Å²) in [5.41, 5.74) is 0. The molecule has 1 fully saturated rings. The normalized spacial score (nSPS) is 18.9. The topological polar surface area (TPSA) is 80.5 Å². The van der Waals surface area contributed by atoms with Gasteiger partial charge in [-0.2, -0.15) is 0 Å². The molecule has 2 aromatic rings. The zero-order valence-corrected chi connectivity index (χ0v) is 12.0. The Morgan fingerprint density at radius 2 is 2.00 bits per heavy atom. The van der Waals surface area contributed by atoms with Crippen molar-refractivity contribution in [1.82, 2.24) is 10.1 Å². The van der Waals surface area contributed by atoms with E-state index in [0.29, 0.717) is 17.9 Å². The quantitative estimate of drug-likeness (QED) is 0.855. The van der Waals surface area contributed by atoms with Gasteiger partial charge in [0.2, 0.25) is 5.76 Å². The van der Waals surface area contributed by atoms with Crippen LogP contribution in [0.15, 0.2) is 52.0 Å². The lowest BCUT2D eigenvalue weighted by Crippen LogP contribution is -2.31. The molecule has 6 nitrogen and oxygen atoms in total. The Hall–Kier alpha value is -2.15. The second-order valence-electron chi connectivity index (χ2n) is 4.90. The highest BCUT2D eigenvalue weighted by Gasteiger charge is 2.37. The Bertz CT molecular complexity index is 726. The van der Waals surface area contributed by atoms with Gasteiger partial charge >= 0.3 is 0 Å². The van der Waals surface area contributed by atoms with E-state index in [4.69, 9.17) is 4.52 Å². The Labute approximate surface area is 122 Å². The average Bonchev–Trinajstić information content (AvgIpc) is 3.19. The van der Waals surface area contributed by atoms with Gasteiger partial charge in [-0.15, -0.1) is 0 Å². The fourth-order valence-corrected chi connectivity index (χ4v) is 4.16. The van der Waals surface area contributed by atoms with E-state index in [1.54, 1.807) is 30.3 Å². The lowest BCUT2D eigenvalue weighted by molar-refractivity contribution is 0.0751. The summed E-state index contributed by atoms with van der Waals surface area (Å²) in [6.07, 6.45) is 1.82. The summed E-state index contributed by atoms with van der Waals surface area (Å²) in [6, 6.07) is 9.79. The molecule has 0 radical (unpaired) electrons. The molecule has 1 unspecified atom stereocenters. The molecular weight excluding hydrogens is 292 g/mol. The minimum absolute atomic E-state index is 0.132. The number of amides is 1. The third-order valence-corrected chi connectivity index (χ3v) is 5.78. The van der Waals surface area contributed by atoms with Crippen molar-refractivity contribution >= 4 is 15.7 Å². The number of aromatic nitrogens is 1. The maximum atomic E-state index is 12.5. The summed E-state index contributed by atoms with van der Waals surface area (Å²) >= 11 is 0. The predicted molar refractivity (Wildman–Crippen MR) is 74.4 cm³/mol. The maximum Gasteiger partial charge on any atom is 0.292 e. The number of hydrogen-bond acceptors (Lipinski definition) is 5. The summed E-state index contributed by atoms with van der Waals surface area (Å²) in [7, 11) is -3.41. The molecule has 1 amide bonds. The largest absolute Gasteiger partial charge is 0.351 e. The van der Waals surface area contributed by atoms with Crippen molar-refractivity contribution < 1.29 is 17.7 Å². The molecule has 7 heteroatoms. The molecule has 0 bridgehead atoms. The molecule has 1 aromatic carbocycles. The average molecular weight is 306 g/mol. The molecule has 3 rings (SSSR count). The molecule has 2 heterocycles. The molecule has 1 aromatic heterocycles. The van der Waals surface area contributed by atoms with Crippen molar-refractivity contribution in [2.75, 3.05) is 13.1 Å². The Kier molecular flexibility index (Phi) is 3.50. The molecule has 1 aliphatic rings. The van der Waals surface area contributed by atoms with Crippen molar-refractivity contribution in [1.29, 1.82) is 0 Å². The van der Waals surface area contributed by atoms with Crippen molar-refractivity contribution in [3.63, 3.8) is 0 Å². The first-order valence-corrected chi connectivity index (χ1v) is 8.12. The van der Waals surface area contributed by atoms with Gasteiger partial charge in [-0.25, -0.2) is 8.42 Å². The minimum Gasteiger partial charge on any atom is -0.351 e. The smallest absolute Gasteiger partial charge is 0.292 e. The van der Waals surface area contributed by atoms with Crippen LogP contribution in [-0.4, -0.2) is 42.7 Å². The van der Waals surface area contributed by atoms with E-state index in [1.165, 1.54) is 17.2 Å². The predicted octanol–water partition coefficient (Wildman–Crippen LogP) is 1.36. The van der Waals surface area contributed by atoms with E-state index >= 15 is 0 Å². The van der Waals surface area contributed by atoms with E-state index in [9.17, 15) is 13.2 Å². The fourth-order valence-electron chi connectivity index (χ4n) is 2.45. The first-order valence-electron chi connectivity index (χ1n) is 6.58. The molecular formula is C14H14N2O4S. The first-order chi connectivity index (χ1) is 10.1. The van der Waals surface area contributed by atoms with Gasteiger partial charge in [0, 0.05) is 19.2 Å². The van der Waals surface area contributed by atoms with Crippen molar-refractivity contribution in [2.24, 2.45) is 0 Å². The van der Waals surface area contributed by atoms with Gasteiger partial charge in [0.1, 0.15) is 0 Å². The number of carbonyl (C=O) groups is 1. The third kappa shape index (κ3) is 2.56. The van der Waals surface area contributed by atoms with Crippen LogP contribution < -0.4 is 0 Å². The van der Waals surface area contributed by atoms with Crippen LogP contribution in [0.1, 0.15) is 17.0 Å². The maximum absolute atomic E-state index is 12.5. The first kappa shape index (κ1) is 13.8. The second kappa shape index (κ2) is 5.33. The molecule has 21 heavy (non-hydrogen) atoms. The van der Waals surface area contributed by atoms with Gasteiger partial charge in [-0.3, -0.25) is 4.79 Å². The third-order valence-electron chi connectivity index (χ3n) is 3.59. The summed E-state index contributed by atoms with van der Waals surface area (Å²) in [4.78, 5) is 13.9. The Morgan fingerprint density at radius 3 is 2.67 bits per heavy atom. The van der Waals surface area contributed by atoms with Crippen LogP contribution in [0.5, 0.6) is 0 Å². The molecule has 0 saturated carbocycles. The minimum atomic E-state index is -3.41. The lowest BCUT2D eigenvalue weighted by Gasteiger charge is -2.15. The number of benzene rings is 1. The molecule has 0 spiro atoms. The van der Waals surface area contributed by atoms with E-state index in [-0.39, 0.29) is 18.2 Å². The van der Waals surface area contributed by atoms with Crippen molar-refractivity contribution in [3.05, 3.63) is 48.4 Å². The molecule has 1 saturated heterocycles. The number of sulfone groups is 1. The van der Waals surface area contributed by atoms with Crippen LogP contribution in [0.3, 0.4) is 0 Å². The second-order valence-corrected chi connectivity index (χ2v) is 7.12. The van der Waals surface area contributed by atoms with Gasteiger partial charge in [0.05, 0.1) is 16.3 Å². The van der Waals surface area contributed by atoms with E-state index in [1.807, 2.05) is 0 Å². The molecule has 0 N–H and O–H groups in total. The van der Waals surface area contributed by atoms with Crippen LogP contribution in [0.2, 0.25) is 0 Å². The Morgan fingerprint density at radius 1 is 1.24 bits per heavy atom. The SMILES string of the molecule is O=C(c1ccno1)N1CCC(S(=O)(=O)c2ccccc2)C1. The standard InChI is InChI=1S/C14H14N2O4S/c17-14(13-6-8-15-20-13)16-9-7-12(10-16)21(18,19)11-4-2-1-3-5-11/h1-6,8,12H,7,9-10H2. The zero-order valence-electron chi connectivity index (χ0n) is 11.2. The van der Waals surface area contributed by atoms with Crippen LogP contribution in [0.25, 0.3) is 0 Å². The highest BCUT2D eigenvalue weighted by Crippen LogP contribution is 2.24. The van der Waals surface area contributed by atoms with Gasteiger partial charge in [0.15, 0.2) is 9.84 Å². The van der Waals surface area contributed by atoms with Gasteiger partial charge in [-0.05, 0) is 18.6 Å². The van der Waals surface area contributed by atoms with Crippen LogP contribution in [0.4, 0.5) is 0 Å². The van der Waals surface area contributed by atoms with Crippen LogP contribution in [0, 0.1) is 0 Å². The van der Waals surface area contributed by atoms with E-state index in [2.05, 4.69) is 5.16 Å². The molecule has 1 aliphatic heterocycles. The van der Waals surface area contributed by atoms with Gasteiger partial charge in [0.25, 0.3) is 5.91 Å². The summed E-state index contributed by atoms with van der Waals surface area (Å²) in [6.45, 7) is 0.576. The zero-order chi connectivity index (χ0) is 14.9. The monoisotopic (exact) mass is 306 g/mol. The van der Waals surface area contributed by atoms with Gasteiger partial charge in [-0.1, -0.05) is 23.4 Å². The van der Waals surface area contributed by atoms with Gasteiger partial charge < -0.3 is 9.42 Å². The number of nitrogens with zero attached hydrogens (tertiary/aromatic N) is 2. The summed E-state index contributed by atoms with van der Waals surface area (Å²) < 4.78 is 29.9. The number of likely N-dealkylation sites (tertiary alicyclic amines) is 1. The Balaban J connectivity index is 1.77. The highest BCUT2D eigenvalue weighted by molar-refractivity contribution is 7.92. The van der Waals surface area contributed by atoms with E-state index < -0.39 is 15.1 Å². The highest BCUT2D eigenvalue weighted by atomic mass is 32.2. The number of rotatable bonds is 3. The van der Waals surface area contributed by atoms with Crippen molar-refractivity contribution in [3.8, 4) is 0 Å². The summed E-state index contributed by atoms with van der Waals surface area (Å²) in [5, 5.41) is 2.91. The van der Waals surface area contributed by atoms with Crippen LogP contribution >= 0.6 is 0 Å². The van der Waals surface area contributed by atoms with Crippen LogP contribution in [-0.2, 0) is 9.84 Å². The molecule has 0 aliphatic carbocycles. The van der Waals surface area contributed by atoms with E-state index in [0.717, 1.165) is 0 Å². The fraction of sp³-hybridized carbons (Fsp3) is 0.286. The van der Waals surface area contributed by atoms with Crippen molar-refractivity contribution in [2.45, 2.75) is 16.6 Å². The summed E-state index contributed by atoms with van der Waals surface area (Å²) in [5.74, 6) is -0.189. The number of carbonyl (C=O) groups excluding carboxylic acids is 1. The molecule has 1 atom stereocenters. The molecule has 110 valence electrons.